The molecule has 1 saturated heterocycles. The molecule has 3 aromatic rings. The minimum Gasteiger partial charge on any atom is -0.383 e. The molecule has 134 valence electrons. The van der Waals surface area contributed by atoms with Crippen molar-refractivity contribution in [1.82, 2.24) is 9.88 Å². The largest absolute Gasteiger partial charge is 0.383 e. The summed E-state index contributed by atoms with van der Waals surface area (Å²) in [6.45, 7) is 0.511. The number of aliphatic hydroxyl groups is 1. The third kappa shape index (κ3) is 3.12. The Hall–Kier alpha value is -3.36. The molecule has 2 aromatic carbocycles. The summed E-state index contributed by atoms with van der Waals surface area (Å²) in [5, 5.41) is 12.4. The molecule has 1 atom stereocenters. The van der Waals surface area contributed by atoms with E-state index in [1.165, 1.54) is 4.90 Å². The average Bonchev–Trinajstić information content (AvgIpc) is 2.95. The summed E-state index contributed by atoms with van der Waals surface area (Å²) < 4.78 is 0. The van der Waals surface area contributed by atoms with Crippen LogP contribution < -0.4 is 5.73 Å². The van der Waals surface area contributed by atoms with Crippen molar-refractivity contribution < 1.29 is 9.90 Å². The monoisotopic (exact) mass is 357 g/mol. The van der Waals surface area contributed by atoms with E-state index < -0.39 is 5.60 Å². The summed E-state index contributed by atoms with van der Waals surface area (Å²) in [4.78, 5) is 17.7. The number of likely N-dealkylation sites (tertiary alicyclic amines) is 1. The van der Waals surface area contributed by atoms with E-state index in [4.69, 9.17) is 5.73 Å². The lowest BCUT2D eigenvalue weighted by atomic mass is 9.99. The highest BCUT2D eigenvalue weighted by Crippen LogP contribution is 2.27. The van der Waals surface area contributed by atoms with E-state index in [-0.39, 0.29) is 5.91 Å². The number of fused-ring (bicyclic) bond motifs is 1. The number of hydrogen-bond acceptors (Lipinski definition) is 4. The van der Waals surface area contributed by atoms with Gasteiger partial charge in [-0.1, -0.05) is 36.1 Å². The third-order valence-corrected chi connectivity index (χ3v) is 4.92. The van der Waals surface area contributed by atoms with Gasteiger partial charge in [0, 0.05) is 37.2 Å². The van der Waals surface area contributed by atoms with Crippen molar-refractivity contribution in [2.75, 3.05) is 19.3 Å². The quantitative estimate of drug-likeness (QED) is 0.656. The molecule has 0 saturated carbocycles. The van der Waals surface area contributed by atoms with E-state index in [1.54, 1.807) is 13.2 Å². The highest BCUT2D eigenvalue weighted by Gasteiger charge is 2.42. The number of nitrogens with zero attached hydrogens (tertiary/aromatic N) is 2. The first-order chi connectivity index (χ1) is 13.0. The molecule has 1 aliphatic heterocycles. The summed E-state index contributed by atoms with van der Waals surface area (Å²) in [5.41, 5.74) is 7.12. The first-order valence-corrected chi connectivity index (χ1v) is 8.72. The maximum absolute atomic E-state index is 12.0. The van der Waals surface area contributed by atoms with Crippen molar-refractivity contribution in [2.24, 2.45) is 0 Å². The van der Waals surface area contributed by atoms with Crippen LogP contribution in [0, 0.1) is 11.8 Å². The Morgan fingerprint density at radius 2 is 2.00 bits per heavy atom. The highest BCUT2D eigenvalue weighted by molar-refractivity contribution is 5.94. The molecule has 3 N–H and O–H groups in total. The third-order valence-electron chi connectivity index (χ3n) is 4.92. The van der Waals surface area contributed by atoms with Crippen LogP contribution >= 0.6 is 0 Å². The lowest BCUT2D eigenvalue weighted by molar-refractivity contribution is -0.137. The summed E-state index contributed by atoms with van der Waals surface area (Å²) in [6, 6.07) is 15.7. The summed E-state index contributed by atoms with van der Waals surface area (Å²) in [6.07, 6.45) is 2.02. The van der Waals surface area contributed by atoms with Crippen molar-refractivity contribution >= 4 is 22.5 Å². The molecule has 2 heterocycles. The van der Waals surface area contributed by atoms with Crippen LogP contribution in [0.2, 0.25) is 0 Å². The number of carbonyl (C=O) groups excluding carboxylic acids is 1. The molecule has 0 radical (unpaired) electrons. The molecular formula is C22H19N3O2. The zero-order chi connectivity index (χ0) is 19.0. The Morgan fingerprint density at radius 1 is 1.19 bits per heavy atom. The van der Waals surface area contributed by atoms with Crippen LogP contribution in [0.25, 0.3) is 21.9 Å². The van der Waals surface area contributed by atoms with Crippen molar-refractivity contribution in [3.63, 3.8) is 0 Å². The number of pyridine rings is 1. The zero-order valence-electron chi connectivity index (χ0n) is 14.9. The summed E-state index contributed by atoms with van der Waals surface area (Å²) in [5.74, 6) is 5.86. The van der Waals surface area contributed by atoms with Gasteiger partial charge in [0.2, 0.25) is 5.60 Å². The second kappa shape index (κ2) is 6.42. The SMILES string of the molecule is CN1CC[C@@](O)(C#Cc2cccc(-c3ccc4ccnc(N)c4c3)c2)C1=O. The van der Waals surface area contributed by atoms with E-state index in [0.29, 0.717) is 18.8 Å². The number of aromatic nitrogens is 1. The lowest BCUT2D eigenvalue weighted by Gasteiger charge is -2.13. The first kappa shape index (κ1) is 17.1. The molecule has 4 rings (SSSR count). The molecule has 1 fully saturated rings. The van der Waals surface area contributed by atoms with Gasteiger partial charge in [-0.3, -0.25) is 4.79 Å². The Labute approximate surface area is 157 Å². The average molecular weight is 357 g/mol. The van der Waals surface area contributed by atoms with Crippen molar-refractivity contribution in [1.29, 1.82) is 0 Å². The molecule has 5 heteroatoms. The fourth-order valence-corrected chi connectivity index (χ4v) is 3.29. The normalized spacial score (nSPS) is 19.2. The minimum atomic E-state index is -1.59. The fourth-order valence-electron chi connectivity index (χ4n) is 3.29. The second-order valence-corrected chi connectivity index (χ2v) is 6.80. The zero-order valence-corrected chi connectivity index (χ0v) is 14.9. The smallest absolute Gasteiger partial charge is 0.267 e. The predicted octanol–water partition coefficient (Wildman–Crippen LogP) is 2.43. The number of amides is 1. The molecule has 0 unspecified atom stereocenters. The van der Waals surface area contributed by atoms with Crippen LogP contribution in [0.4, 0.5) is 5.82 Å². The number of likely N-dealkylation sites (N-methyl/N-ethyl adjacent to an activating group) is 1. The standard InChI is InChI=1S/C22H19N3O2/c1-25-12-10-22(27,21(25)26)9-7-15-3-2-4-17(13-15)18-6-5-16-8-11-24-20(23)19(16)14-18/h2-6,8,11,13-14,27H,10,12H2,1H3,(H2,23,24)/t22-/m0/s1. The van der Waals surface area contributed by atoms with E-state index in [9.17, 15) is 9.90 Å². The van der Waals surface area contributed by atoms with Gasteiger partial charge in [0.25, 0.3) is 5.91 Å². The Bertz CT molecular complexity index is 1110. The van der Waals surface area contributed by atoms with Gasteiger partial charge in [-0.2, -0.15) is 0 Å². The lowest BCUT2D eigenvalue weighted by Crippen LogP contribution is -2.37. The van der Waals surface area contributed by atoms with Gasteiger partial charge in [-0.15, -0.1) is 0 Å². The summed E-state index contributed by atoms with van der Waals surface area (Å²) in [7, 11) is 1.67. The van der Waals surface area contributed by atoms with Gasteiger partial charge < -0.3 is 15.7 Å². The first-order valence-electron chi connectivity index (χ1n) is 8.72. The van der Waals surface area contributed by atoms with Gasteiger partial charge in [0.15, 0.2) is 0 Å². The van der Waals surface area contributed by atoms with E-state index in [0.717, 1.165) is 27.5 Å². The van der Waals surface area contributed by atoms with Gasteiger partial charge >= 0.3 is 0 Å². The van der Waals surface area contributed by atoms with Crippen LogP contribution in [0.3, 0.4) is 0 Å². The molecule has 0 aliphatic carbocycles. The molecule has 1 amide bonds. The highest BCUT2D eigenvalue weighted by atomic mass is 16.3. The molecule has 5 nitrogen and oxygen atoms in total. The van der Waals surface area contributed by atoms with E-state index >= 15 is 0 Å². The number of anilines is 1. The van der Waals surface area contributed by atoms with E-state index in [2.05, 4.69) is 16.8 Å². The number of carbonyl (C=O) groups is 1. The van der Waals surface area contributed by atoms with Crippen LogP contribution in [-0.4, -0.2) is 40.1 Å². The van der Waals surface area contributed by atoms with Gasteiger partial charge in [-0.05, 0) is 40.8 Å². The summed E-state index contributed by atoms with van der Waals surface area (Å²) >= 11 is 0. The second-order valence-electron chi connectivity index (χ2n) is 6.80. The molecule has 0 spiro atoms. The Kier molecular flexibility index (Phi) is 4.06. The van der Waals surface area contributed by atoms with Crippen molar-refractivity contribution in [3.05, 3.63) is 60.3 Å². The van der Waals surface area contributed by atoms with Gasteiger partial charge in [0.1, 0.15) is 5.82 Å². The molecule has 27 heavy (non-hydrogen) atoms. The molecular weight excluding hydrogens is 338 g/mol. The number of hydrogen-bond donors (Lipinski definition) is 2. The number of nitrogen functional groups attached to an aromatic ring is 1. The van der Waals surface area contributed by atoms with Crippen LogP contribution in [0.5, 0.6) is 0 Å². The van der Waals surface area contributed by atoms with Crippen LogP contribution in [0.15, 0.2) is 54.7 Å². The van der Waals surface area contributed by atoms with Crippen LogP contribution in [-0.2, 0) is 4.79 Å². The molecule has 1 aromatic heterocycles. The molecule has 0 bridgehead atoms. The maximum Gasteiger partial charge on any atom is 0.267 e. The Balaban J connectivity index is 1.69. The maximum atomic E-state index is 12.0. The number of nitrogens with two attached hydrogens (primary N) is 1. The van der Waals surface area contributed by atoms with Crippen molar-refractivity contribution in [2.45, 2.75) is 12.0 Å². The Morgan fingerprint density at radius 3 is 2.78 bits per heavy atom. The number of rotatable bonds is 1. The molecule has 1 aliphatic rings. The van der Waals surface area contributed by atoms with Crippen LogP contribution in [0.1, 0.15) is 12.0 Å². The minimum absolute atomic E-state index is 0.325. The van der Waals surface area contributed by atoms with E-state index in [1.807, 2.05) is 48.5 Å². The van der Waals surface area contributed by atoms with Crippen molar-refractivity contribution in [3.8, 4) is 23.0 Å². The predicted molar refractivity (Wildman–Crippen MR) is 106 cm³/mol. The van der Waals surface area contributed by atoms with Gasteiger partial charge in [-0.25, -0.2) is 4.98 Å². The fraction of sp³-hybridized carbons (Fsp3) is 0.182. The number of benzene rings is 2. The topological polar surface area (TPSA) is 79.4 Å². The van der Waals surface area contributed by atoms with Gasteiger partial charge in [0.05, 0.1) is 0 Å².